The minimum atomic E-state index is -0.324. The lowest BCUT2D eigenvalue weighted by molar-refractivity contribution is -0.108. The van der Waals surface area contributed by atoms with Crippen molar-refractivity contribution in [3.63, 3.8) is 0 Å². The van der Waals surface area contributed by atoms with Crippen LogP contribution in [-0.2, 0) is 28.9 Å². The second-order valence-electron chi connectivity index (χ2n) is 10.1. The van der Waals surface area contributed by atoms with Crippen LogP contribution >= 0.6 is 0 Å². The van der Waals surface area contributed by atoms with Crippen molar-refractivity contribution in [2.75, 3.05) is 62.7 Å². The van der Waals surface area contributed by atoms with Crippen molar-refractivity contribution in [3.05, 3.63) is 62.6 Å². The maximum absolute atomic E-state index is 13.8. The van der Waals surface area contributed by atoms with Crippen LogP contribution in [0.25, 0.3) is 0 Å². The number of anilines is 2. The molecule has 1 fully saturated rings. The number of aldehydes is 1. The number of benzene rings is 1. The predicted octanol–water partition coefficient (Wildman–Crippen LogP) is 1.44. The van der Waals surface area contributed by atoms with Gasteiger partial charge in [-0.05, 0) is 42.9 Å². The summed E-state index contributed by atoms with van der Waals surface area (Å²) in [5.41, 5.74) is 5.12. The zero-order chi connectivity index (χ0) is 28.1. The standard InChI is InChI=1S/C29H37N7O4/c1-3-24-26(28(39)36(30-2)29(35(24)16-17-37)32-20-21-9-18-40-19-10-21)33-12-14-34(15-13-33)27(38)23-8-4-6-22-7-5-11-31-25(22)23/h4,6,8-9,17,31H,2-3,5,7,10-16,18-20H2,1H3. The first-order chi connectivity index (χ1) is 19.6. The molecule has 11 nitrogen and oxygen atoms in total. The number of para-hydroxylation sites is 1. The molecule has 3 aliphatic rings. The second kappa shape index (κ2) is 12.5. The first-order valence-electron chi connectivity index (χ1n) is 14.0. The highest BCUT2D eigenvalue weighted by Crippen LogP contribution is 2.28. The highest BCUT2D eigenvalue weighted by molar-refractivity contribution is 6.00. The summed E-state index contributed by atoms with van der Waals surface area (Å²) in [5.74, 6) is -0.000585. The molecule has 212 valence electrons. The smallest absolute Gasteiger partial charge is 0.299 e. The monoisotopic (exact) mass is 547 g/mol. The fourth-order valence-corrected chi connectivity index (χ4v) is 5.77. The summed E-state index contributed by atoms with van der Waals surface area (Å²) in [6, 6.07) is 5.91. The number of hydrogen-bond acceptors (Lipinski definition) is 8. The molecule has 2 aromatic rings. The molecule has 0 spiro atoms. The van der Waals surface area contributed by atoms with E-state index in [9.17, 15) is 14.4 Å². The van der Waals surface area contributed by atoms with Crippen molar-refractivity contribution in [2.45, 2.75) is 39.2 Å². The summed E-state index contributed by atoms with van der Waals surface area (Å²) in [7, 11) is 0. The molecule has 1 amide bonds. The highest BCUT2D eigenvalue weighted by atomic mass is 16.5. The van der Waals surface area contributed by atoms with Crippen molar-refractivity contribution in [3.8, 4) is 0 Å². The quantitative estimate of drug-likeness (QED) is 0.304. The van der Waals surface area contributed by atoms with E-state index in [2.05, 4.69) is 23.2 Å². The van der Waals surface area contributed by atoms with Gasteiger partial charge in [-0.2, -0.15) is 9.78 Å². The maximum Gasteiger partial charge on any atom is 0.299 e. The molecule has 5 rings (SSSR count). The molecule has 0 saturated carbocycles. The number of ether oxygens (including phenoxy) is 1. The van der Waals surface area contributed by atoms with E-state index in [0.29, 0.717) is 69.2 Å². The summed E-state index contributed by atoms with van der Waals surface area (Å²) in [4.78, 5) is 47.6. The summed E-state index contributed by atoms with van der Waals surface area (Å²) < 4.78 is 8.34. The Hall–Kier alpha value is -3.99. The molecular formula is C29H37N7O4. The van der Waals surface area contributed by atoms with Crippen molar-refractivity contribution < 1.29 is 14.3 Å². The molecule has 4 heterocycles. The van der Waals surface area contributed by atoms with Gasteiger partial charge in [-0.15, -0.1) is 0 Å². The number of carbonyl (C=O) groups is 2. The van der Waals surface area contributed by atoms with Gasteiger partial charge in [-0.3, -0.25) is 9.59 Å². The number of nitrogens with one attached hydrogen (secondary N) is 1. The Morgan fingerprint density at radius 1 is 1.20 bits per heavy atom. The van der Waals surface area contributed by atoms with Crippen molar-refractivity contribution in [1.29, 1.82) is 0 Å². The highest BCUT2D eigenvalue weighted by Gasteiger charge is 2.29. The molecule has 1 aromatic heterocycles. The van der Waals surface area contributed by atoms with E-state index >= 15 is 0 Å². The zero-order valence-electron chi connectivity index (χ0n) is 23.1. The average Bonchev–Trinajstić information content (AvgIpc) is 3.00. The SMILES string of the molecule is C=Nn1c(=O)c(N2CCN(C(=O)c3cccc4c3NCCC4)CC2)c(CC)n(CC=O)c1=NCC1=CCOCC1. The lowest BCUT2D eigenvalue weighted by Crippen LogP contribution is -2.52. The number of nitrogens with zero attached hydrogens (tertiary/aromatic N) is 6. The van der Waals surface area contributed by atoms with Crippen LogP contribution in [0.3, 0.4) is 0 Å². The van der Waals surface area contributed by atoms with Crippen LogP contribution in [0, 0.1) is 0 Å². The van der Waals surface area contributed by atoms with Gasteiger partial charge in [0.05, 0.1) is 43.2 Å². The molecule has 0 bridgehead atoms. The third-order valence-corrected chi connectivity index (χ3v) is 7.83. The molecule has 1 saturated heterocycles. The van der Waals surface area contributed by atoms with Crippen LogP contribution in [-0.4, -0.2) is 85.5 Å². The van der Waals surface area contributed by atoms with E-state index in [1.165, 1.54) is 10.2 Å². The second-order valence-corrected chi connectivity index (χ2v) is 10.1. The molecule has 11 heteroatoms. The lowest BCUT2D eigenvalue weighted by atomic mass is 9.98. The Labute approximate surface area is 233 Å². The van der Waals surface area contributed by atoms with Crippen molar-refractivity contribution in [1.82, 2.24) is 14.1 Å². The van der Waals surface area contributed by atoms with Crippen LogP contribution in [0.4, 0.5) is 11.4 Å². The van der Waals surface area contributed by atoms with E-state index in [1.54, 1.807) is 4.57 Å². The van der Waals surface area contributed by atoms with E-state index < -0.39 is 0 Å². The summed E-state index contributed by atoms with van der Waals surface area (Å²) in [5, 5.41) is 7.42. The predicted molar refractivity (Wildman–Crippen MR) is 154 cm³/mol. The molecule has 1 aromatic carbocycles. The van der Waals surface area contributed by atoms with Crippen LogP contribution in [0.5, 0.6) is 0 Å². The minimum Gasteiger partial charge on any atom is -0.384 e. The van der Waals surface area contributed by atoms with Gasteiger partial charge in [0, 0.05) is 39.4 Å². The summed E-state index contributed by atoms with van der Waals surface area (Å²) in [6.45, 7) is 9.98. The molecule has 40 heavy (non-hydrogen) atoms. The largest absolute Gasteiger partial charge is 0.384 e. The molecule has 0 atom stereocenters. The van der Waals surface area contributed by atoms with Gasteiger partial charge in [-0.25, -0.2) is 4.99 Å². The third-order valence-electron chi connectivity index (χ3n) is 7.83. The van der Waals surface area contributed by atoms with Crippen LogP contribution < -0.4 is 21.4 Å². The third kappa shape index (κ3) is 5.38. The molecule has 0 aliphatic carbocycles. The van der Waals surface area contributed by atoms with Gasteiger partial charge in [0.2, 0.25) is 5.62 Å². The first-order valence-corrected chi connectivity index (χ1v) is 14.0. The van der Waals surface area contributed by atoms with Crippen molar-refractivity contribution in [2.24, 2.45) is 10.1 Å². The van der Waals surface area contributed by atoms with E-state index in [1.807, 2.05) is 34.9 Å². The topological polar surface area (TPSA) is 114 Å². The van der Waals surface area contributed by atoms with Gasteiger partial charge >= 0.3 is 0 Å². The van der Waals surface area contributed by atoms with Gasteiger partial charge in [0.15, 0.2) is 0 Å². The Morgan fingerprint density at radius 3 is 2.73 bits per heavy atom. The van der Waals surface area contributed by atoms with Crippen molar-refractivity contribution >= 4 is 30.3 Å². The Bertz CT molecular complexity index is 1450. The van der Waals surface area contributed by atoms with Crippen LogP contribution in [0.2, 0.25) is 0 Å². The number of fused-ring (bicyclic) bond motifs is 1. The number of aromatic nitrogens is 2. The first kappa shape index (κ1) is 27.6. The van der Waals surface area contributed by atoms with E-state index in [-0.39, 0.29) is 18.0 Å². The minimum absolute atomic E-state index is 0.000585. The fourth-order valence-electron chi connectivity index (χ4n) is 5.77. The normalized spacial score (nSPS) is 17.6. The summed E-state index contributed by atoms with van der Waals surface area (Å²) >= 11 is 0. The Morgan fingerprint density at radius 2 is 2.02 bits per heavy atom. The van der Waals surface area contributed by atoms with Gasteiger partial charge in [-0.1, -0.05) is 25.1 Å². The zero-order valence-corrected chi connectivity index (χ0v) is 23.1. The van der Waals surface area contributed by atoms with Crippen LogP contribution in [0.15, 0.2) is 44.7 Å². The van der Waals surface area contributed by atoms with Gasteiger partial charge in [0.1, 0.15) is 12.0 Å². The number of piperazine rings is 1. The molecular weight excluding hydrogens is 510 g/mol. The average molecular weight is 548 g/mol. The molecule has 0 unspecified atom stereocenters. The number of hydrogen-bond donors (Lipinski definition) is 1. The van der Waals surface area contributed by atoms with Gasteiger partial charge in [0.25, 0.3) is 11.5 Å². The maximum atomic E-state index is 13.8. The van der Waals surface area contributed by atoms with Crippen LogP contribution in [0.1, 0.15) is 41.4 Å². The Kier molecular flexibility index (Phi) is 8.59. The number of rotatable bonds is 8. The summed E-state index contributed by atoms with van der Waals surface area (Å²) in [6.07, 6.45) is 6.12. The number of amides is 1. The number of carbonyl (C=O) groups excluding carboxylic acids is 2. The van der Waals surface area contributed by atoms with Gasteiger partial charge < -0.3 is 29.2 Å². The Balaban J connectivity index is 1.44. The number of aryl methyl sites for hydroxylation is 1. The molecule has 3 aliphatic heterocycles. The molecule has 0 radical (unpaired) electrons. The fraction of sp³-hybridized carbons (Fsp3) is 0.483. The van der Waals surface area contributed by atoms with E-state index in [4.69, 9.17) is 9.73 Å². The molecule has 1 N–H and O–H groups in total. The lowest BCUT2D eigenvalue weighted by Gasteiger charge is -2.37. The van der Waals surface area contributed by atoms with E-state index in [0.717, 1.165) is 49.0 Å².